The van der Waals surface area contributed by atoms with Crippen LogP contribution >= 0.6 is 0 Å². The molecule has 1 aromatic heterocycles. The van der Waals surface area contributed by atoms with Gasteiger partial charge in [-0.25, -0.2) is 0 Å². The number of amides is 1. The summed E-state index contributed by atoms with van der Waals surface area (Å²) in [5, 5.41) is 0. The van der Waals surface area contributed by atoms with Crippen LogP contribution in [0.15, 0.2) is 54.9 Å². The molecule has 1 fully saturated rings. The van der Waals surface area contributed by atoms with Gasteiger partial charge >= 0.3 is 0 Å². The van der Waals surface area contributed by atoms with Gasteiger partial charge in [0.2, 0.25) is 5.91 Å². The molecular formula is C18H21N3O. The molecule has 1 atom stereocenters. The summed E-state index contributed by atoms with van der Waals surface area (Å²) in [7, 11) is 0. The molecule has 1 amide bonds. The van der Waals surface area contributed by atoms with Crippen molar-refractivity contribution in [3.05, 3.63) is 66.0 Å². The number of carbonyl (C=O) groups is 1. The predicted molar refractivity (Wildman–Crippen MR) is 85.8 cm³/mol. The summed E-state index contributed by atoms with van der Waals surface area (Å²) in [4.78, 5) is 18.6. The zero-order chi connectivity index (χ0) is 15.4. The van der Waals surface area contributed by atoms with Crippen LogP contribution in [0, 0.1) is 0 Å². The third kappa shape index (κ3) is 3.71. The van der Waals surface area contributed by atoms with E-state index in [1.54, 1.807) is 12.4 Å². The molecule has 2 aromatic rings. The molecule has 3 rings (SSSR count). The Morgan fingerprint density at radius 3 is 2.50 bits per heavy atom. The Hall–Kier alpha value is -2.20. The fourth-order valence-electron chi connectivity index (χ4n) is 2.62. The summed E-state index contributed by atoms with van der Waals surface area (Å²) in [6, 6.07) is 13.9. The average molecular weight is 295 g/mol. The summed E-state index contributed by atoms with van der Waals surface area (Å²) in [5.41, 5.74) is 8.31. The largest absolute Gasteiger partial charge is 0.335 e. The molecule has 1 aromatic carbocycles. The molecule has 4 heteroatoms. The van der Waals surface area contributed by atoms with Crippen LogP contribution in [0.25, 0.3) is 0 Å². The lowest BCUT2D eigenvalue weighted by Crippen LogP contribution is -2.34. The lowest BCUT2D eigenvalue weighted by Gasteiger charge is -2.24. The second-order valence-electron chi connectivity index (χ2n) is 5.83. The van der Waals surface area contributed by atoms with Gasteiger partial charge in [-0.15, -0.1) is 0 Å². The van der Waals surface area contributed by atoms with E-state index in [9.17, 15) is 4.79 Å². The quantitative estimate of drug-likeness (QED) is 0.891. The highest BCUT2D eigenvalue weighted by molar-refractivity contribution is 5.77. The summed E-state index contributed by atoms with van der Waals surface area (Å²) in [6.07, 6.45) is 6.07. The minimum atomic E-state index is -0.243. The molecule has 22 heavy (non-hydrogen) atoms. The Bertz CT molecular complexity index is 611. The van der Waals surface area contributed by atoms with Crippen molar-refractivity contribution >= 4 is 5.91 Å². The summed E-state index contributed by atoms with van der Waals surface area (Å²) < 4.78 is 0. The van der Waals surface area contributed by atoms with Crippen LogP contribution in [0.1, 0.15) is 36.4 Å². The number of aromatic nitrogens is 1. The molecule has 0 saturated heterocycles. The standard InChI is InChI=1S/C18H21N3O/c19-17(15-4-2-1-3-5-15)12-18(22)21(16-6-7-16)13-14-8-10-20-11-9-14/h1-5,8-11,16-17H,6-7,12-13,19H2. The number of hydrogen-bond acceptors (Lipinski definition) is 3. The molecule has 1 aliphatic rings. The van der Waals surface area contributed by atoms with Crippen LogP contribution in [0.2, 0.25) is 0 Å². The normalized spacial score (nSPS) is 15.3. The number of hydrogen-bond donors (Lipinski definition) is 1. The Kier molecular flexibility index (Phi) is 4.49. The fourth-order valence-corrected chi connectivity index (χ4v) is 2.62. The molecule has 1 saturated carbocycles. The number of carbonyl (C=O) groups excluding carboxylic acids is 1. The van der Waals surface area contributed by atoms with Crippen molar-refractivity contribution < 1.29 is 4.79 Å². The molecule has 4 nitrogen and oxygen atoms in total. The highest BCUT2D eigenvalue weighted by Crippen LogP contribution is 2.30. The van der Waals surface area contributed by atoms with Gasteiger partial charge in [0.25, 0.3) is 0 Å². The summed E-state index contributed by atoms with van der Waals surface area (Å²) in [6.45, 7) is 0.646. The minimum absolute atomic E-state index is 0.135. The van der Waals surface area contributed by atoms with Crippen molar-refractivity contribution in [2.24, 2.45) is 5.73 Å². The van der Waals surface area contributed by atoms with Crippen LogP contribution in [0.3, 0.4) is 0 Å². The molecule has 1 aliphatic carbocycles. The number of nitrogens with two attached hydrogens (primary N) is 1. The lowest BCUT2D eigenvalue weighted by molar-refractivity contribution is -0.132. The highest BCUT2D eigenvalue weighted by Gasteiger charge is 2.33. The Balaban J connectivity index is 1.65. The van der Waals surface area contributed by atoms with E-state index in [2.05, 4.69) is 4.98 Å². The first-order valence-corrected chi connectivity index (χ1v) is 7.73. The number of benzene rings is 1. The van der Waals surface area contributed by atoms with Gasteiger partial charge in [-0.05, 0) is 36.1 Å². The third-order valence-corrected chi connectivity index (χ3v) is 4.03. The van der Waals surface area contributed by atoms with Crippen molar-refractivity contribution in [3.63, 3.8) is 0 Å². The van der Waals surface area contributed by atoms with E-state index >= 15 is 0 Å². The first-order valence-electron chi connectivity index (χ1n) is 7.73. The molecule has 0 spiro atoms. The topological polar surface area (TPSA) is 59.2 Å². The third-order valence-electron chi connectivity index (χ3n) is 4.03. The van der Waals surface area contributed by atoms with Crippen LogP contribution in [-0.2, 0) is 11.3 Å². The van der Waals surface area contributed by atoms with Crippen molar-refractivity contribution in [1.82, 2.24) is 9.88 Å². The molecular weight excluding hydrogens is 274 g/mol. The van der Waals surface area contributed by atoms with E-state index in [1.165, 1.54) is 0 Å². The SMILES string of the molecule is NC(CC(=O)N(Cc1ccncc1)C1CC1)c1ccccc1. The Labute approximate surface area is 131 Å². The number of pyridine rings is 1. The summed E-state index contributed by atoms with van der Waals surface area (Å²) in [5.74, 6) is 0.135. The van der Waals surface area contributed by atoms with Crippen LogP contribution < -0.4 is 5.73 Å². The first kappa shape index (κ1) is 14.7. The van der Waals surface area contributed by atoms with Gasteiger partial charge in [0.05, 0.1) is 0 Å². The molecule has 114 valence electrons. The van der Waals surface area contributed by atoms with E-state index in [1.807, 2.05) is 47.4 Å². The maximum Gasteiger partial charge on any atom is 0.225 e. The van der Waals surface area contributed by atoms with Crippen LogP contribution in [0.4, 0.5) is 0 Å². The second kappa shape index (κ2) is 6.71. The van der Waals surface area contributed by atoms with Crippen LogP contribution in [-0.4, -0.2) is 21.8 Å². The van der Waals surface area contributed by atoms with Gasteiger partial charge in [0.1, 0.15) is 0 Å². The average Bonchev–Trinajstić information content (AvgIpc) is 3.39. The van der Waals surface area contributed by atoms with E-state index in [4.69, 9.17) is 5.73 Å². The van der Waals surface area contributed by atoms with Crippen molar-refractivity contribution in [2.45, 2.75) is 37.9 Å². The monoisotopic (exact) mass is 295 g/mol. The molecule has 1 heterocycles. The van der Waals surface area contributed by atoms with Gasteiger partial charge in [0, 0.05) is 37.4 Å². The van der Waals surface area contributed by atoms with Crippen molar-refractivity contribution in [3.8, 4) is 0 Å². The van der Waals surface area contributed by atoms with Crippen molar-refractivity contribution in [1.29, 1.82) is 0 Å². The maximum atomic E-state index is 12.6. The zero-order valence-electron chi connectivity index (χ0n) is 12.6. The van der Waals surface area contributed by atoms with Gasteiger partial charge in [-0.2, -0.15) is 0 Å². The van der Waals surface area contributed by atoms with E-state index in [0.717, 1.165) is 24.0 Å². The zero-order valence-corrected chi connectivity index (χ0v) is 12.6. The Morgan fingerprint density at radius 2 is 1.86 bits per heavy atom. The van der Waals surface area contributed by atoms with Gasteiger partial charge in [-0.1, -0.05) is 30.3 Å². The fraction of sp³-hybridized carbons (Fsp3) is 0.333. The van der Waals surface area contributed by atoms with Gasteiger partial charge in [-0.3, -0.25) is 9.78 Å². The minimum Gasteiger partial charge on any atom is -0.335 e. The van der Waals surface area contributed by atoms with Crippen LogP contribution in [0.5, 0.6) is 0 Å². The first-order chi connectivity index (χ1) is 10.7. The molecule has 1 unspecified atom stereocenters. The lowest BCUT2D eigenvalue weighted by atomic mass is 10.0. The van der Waals surface area contributed by atoms with E-state index in [-0.39, 0.29) is 11.9 Å². The smallest absolute Gasteiger partial charge is 0.225 e. The number of nitrogens with zero attached hydrogens (tertiary/aromatic N) is 2. The molecule has 2 N–H and O–H groups in total. The van der Waals surface area contributed by atoms with Crippen molar-refractivity contribution in [2.75, 3.05) is 0 Å². The predicted octanol–water partition coefficient (Wildman–Crippen LogP) is 2.66. The maximum absolute atomic E-state index is 12.6. The second-order valence-corrected chi connectivity index (χ2v) is 5.83. The number of rotatable bonds is 6. The summed E-state index contributed by atoms with van der Waals surface area (Å²) >= 11 is 0. The molecule has 0 aliphatic heterocycles. The molecule has 0 radical (unpaired) electrons. The van der Waals surface area contributed by atoms with Gasteiger partial charge < -0.3 is 10.6 Å². The van der Waals surface area contributed by atoms with E-state index in [0.29, 0.717) is 19.0 Å². The molecule has 0 bridgehead atoms. The van der Waals surface area contributed by atoms with Gasteiger partial charge in [0.15, 0.2) is 0 Å². The highest BCUT2D eigenvalue weighted by atomic mass is 16.2. The van der Waals surface area contributed by atoms with E-state index < -0.39 is 0 Å². The Morgan fingerprint density at radius 1 is 1.18 bits per heavy atom.